The second kappa shape index (κ2) is 5.93. The second-order valence-corrected chi connectivity index (χ2v) is 6.26. The van der Waals surface area contributed by atoms with Crippen molar-refractivity contribution in [3.8, 4) is 0 Å². The van der Waals surface area contributed by atoms with Crippen LogP contribution in [0.5, 0.6) is 0 Å². The number of rotatable bonds is 4. The summed E-state index contributed by atoms with van der Waals surface area (Å²) in [6, 6.07) is 21.0. The molecular weight excluding hydrogens is 254 g/mol. The van der Waals surface area contributed by atoms with E-state index in [2.05, 4.69) is 80.3 Å². The highest BCUT2D eigenvalue weighted by Crippen LogP contribution is 2.43. The number of benzene rings is 2. The lowest BCUT2D eigenvalue weighted by Gasteiger charge is -2.33. The van der Waals surface area contributed by atoms with Crippen LogP contribution in [-0.2, 0) is 6.42 Å². The minimum absolute atomic E-state index is 0.567. The molecule has 0 bridgehead atoms. The van der Waals surface area contributed by atoms with E-state index in [1.807, 2.05) is 0 Å². The molecular formula is C20H25N. The van der Waals surface area contributed by atoms with E-state index in [4.69, 9.17) is 0 Å². The molecule has 3 rings (SSSR count). The zero-order valence-corrected chi connectivity index (χ0v) is 13.3. The highest BCUT2D eigenvalue weighted by molar-refractivity contribution is 5.62. The molecule has 2 aromatic rings. The zero-order chi connectivity index (χ0) is 14.8. The smallest absolute Gasteiger partial charge is 0.0407 e. The highest BCUT2D eigenvalue weighted by atomic mass is 15.2. The van der Waals surface area contributed by atoms with E-state index in [1.54, 1.807) is 0 Å². The monoisotopic (exact) mass is 279 g/mol. The van der Waals surface area contributed by atoms with Crippen LogP contribution in [0.4, 0.5) is 5.69 Å². The molecule has 0 N–H and O–H groups in total. The third-order valence-corrected chi connectivity index (χ3v) is 5.00. The largest absolute Gasteiger partial charge is 0.365 e. The van der Waals surface area contributed by atoms with Gasteiger partial charge in [0, 0.05) is 23.7 Å². The summed E-state index contributed by atoms with van der Waals surface area (Å²) in [7, 11) is 0. The van der Waals surface area contributed by atoms with Crippen LogP contribution in [0.3, 0.4) is 0 Å². The Labute approximate surface area is 128 Å². The molecule has 0 radical (unpaired) electrons. The first kappa shape index (κ1) is 14.2. The molecule has 3 atom stereocenters. The Hall–Kier alpha value is -1.76. The van der Waals surface area contributed by atoms with Crippen LogP contribution >= 0.6 is 0 Å². The van der Waals surface area contributed by atoms with Crippen molar-refractivity contribution in [2.24, 2.45) is 0 Å². The van der Waals surface area contributed by atoms with E-state index >= 15 is 0 Å². The van der Waals surface area contributed by atoms with Gasteiger partial charge in [0.25, 0.3) is 0 Å². The molecule has 1 heterocycles. The Morgan fingerprint density at radius 1 is 1.00 bits per heavy atom. The summed E-state index contributed by atoms with van der Waals surface area (Å²) in [4.78, 5) is 2.63. The third-order valence-electron chi connectivity index (χ3n) is 5.00. The maximum Gasteiger partial charge on any atom is 0.0407 e. The van der Waals surface area contributed by atoms with Crippen molar-refractivity contribution in [1.82, 2.24) is 0 Å². The number of hydrogen-bond acceptors (Lipinski definition) is 1. The standard InChI is InChI=1S/C20H25N/c1-4-15(2)21-16(3)19(14-17-10-6-5-7-11-17)18-12-8-9-13-20(18)21/h5-13,15-16,19H,4,14H2,1-3H3. The van der Waals surface area contributed by atoms with Crippen molar-refractivity contribution >= 4 is 5.69 Å². The van der Waals surface area contributed by atoms with E-state index in [1.165, 1.54) is 23.2 Å². The molecule has 110 valence electrons. The first-order chi connectivity index (χ1) is 10.2. The van der Waals surface area contributed by atoms with Gasteiger partial charge in [-0.1, -0.05) is 55.5 Å². The number of para-hydroxylation sites is 1. The van der Waals surface area contributed by atoms with Gasteiger partial charge in [-0.15, -0.1) is 0 Å². The number of anilines is 1. The number of fused-ring (bicyclic) bond motifs is 1. The average Bonchev–Trinajstić information content (AvgIpc) is 2.80. The maximum atomic E-state index is 2.63. The van der Waals surface area contributed by atoms with Crippen molar-refractivity contribution in [3.63, 3.8) is 0 Å². The predicted octanol–water partition coefficient (Wildman–Crippen LogP) is 5.02. The van der Waals surface area contributed by atoms with Gasteiger partial charge in [-0.05, 0) is 43.9 Å². The summed E-state index contributed by atoms with van der Waals surface area (Å²) in [6.45, 7) is 7.02. The number of nitrogens with zero attached hydrogens (tertiary/aromatic N) is 1. The van der Waals surface area contributed by atoms with E-state index < -0.39 is 0 Å². The molecule has 0 aromatic heterocycles. The minimum Gasteiger partial charge on any atom is -0.365 e. The predicted molar refractivity (Wildman–Crippen MR) is 91.0 cm³/mol. The van der Waals surface area contributed by atoms with Gasteiger partial charge < -0.3 is 4.90 Å². The normalized spacial score (nSPS) is 22.1. The van der Waals surface area contributed by atoms with Crippen molar-refractivity contribution in [3.05, 3.63) is 65.7 Å². The minimum atomic E-state index is 0.567. The molecule has 1 nitrogen and oxygen atoms in total. The Balaban J connectivity index is 1.95. The lowest BCUT2D eigenvalue weighted by Crippen LogP contribution is -2.39. The molecule has 2 aromatic carbocycles. The lowest BCUT2D eigenvalue weighted by atomic mass is 9.89. The average molecular weight is 279 g/mol. The molecule has 3 unspecified atom stereocenters. The molecule has 0 fully saturated rings. The molecule has 0 aliphatic carbocycles. The van der Waals surface area contributed by atoms with Gasteiger partial charge in [-0.2, -0.15) is 0 Å². The van der Waals surface area contributed by atoms with Crippen molar-refractivity contribution in [2.75, 3.05) is 4.90 Å². The van der Waals surface area contributed by atoms with Gasteiger partial charge in [0.2, 0.25) is 0 Å². The first-order valence-electron chi connectivity index (χ1n) is 8.13. The highest BCUT2D eigenvalue weighted by Gasteiger charge is 2.36. The molecule has 1 heteroatoms. The van der Waals surface area contributed by atoms with Crippen LogP contribution in [0.25, 0.3) is 0 Å². The molecule has 0 saturated carbocycles. The fraction of sp³-hybridized carbons (Fsp3) is 0.400. The fourth-order valence-electron chi connectivity index (χ4n) is 3.69. The summed E-state index contributed by atoms with van der Waals surface area (Å²) >= 11 is 0. The first-order valence-corrected chi connectivity index (χ1v) is 8.13. The quantitative estimate of drug-likeness (QED) is 0.759. The summed E-state index contributed by atoms with van der Waals surface area (Å²) in [5, 5.41) is 0. The SMILES string of the molecule is CCC(C)N1c2ccccc2C(Cc2ccccc2)C1C. The summed E-state index contributed by atoms with van der Waals surface area (Å²) < 4.78 is 0. The molecule has 0 saturated heterocycles. The second-order valence-electron chi connectivity index (χ2n) is 6.26. The van der Waals surface area contributed by atoms with Gasteiger partial charge in [-0.25, -0.2) is 0 Å². The van der Waals surface area contributed by atoms with Gasteiger partial charge in [0.15, 0.2) is 0 Å². The molecule has 1 aliphatic heterocycles. The number of hydrogen-bond donors (Lipinski definition) is 0. The topological polar surface area (TPSA) is 3.24 Å². The van der Waals surface area contributed by atoms with Crippen LogP contribution in [0, 0.1) is 0 Å². The summed E-state index contributed by atoms with van der Waals surface area (Å²) in [5.74, 6) is 0.595. The Bertz CT molecular complexity index is 590. The maximum absolute atomic E-state index is 2.63. The van der Waals surface area contributed by atoms with E-state index in [-0.39, 0.29) is 0 Å². The van der Waals surface area contributed by atoms with Gasteiger partial charge in [0.1, 0.15) is 0 Å². The van der Waals surface area contributed by atoms with Crippen LogP contribution < -0.4 is 4.90 Å². The van der Waals surface area contributed by atoms with Gasteiger partial charge in [0.05, 0.1) is 0 Å². The summed E-state index contributed by atoms with van der Waals surface area (Å²) in [5.41, 5.74) is 4.41. The Kier molecular flexibility index (Phi) is 4.01. The van der Waals surface area contributed by atoms with Crippen molar-refractivity contribution < 1.29 is 0 Å². The van der Waals surface area contributed by atoms with E-state index in [0.29, 0.717) is 18.0 Å². The summed E-state index contributed by atoms with van der Waals surface area (Å²) in [6.07, 6.45) is 2.32. The fourth-order valence-corrected chi connectivity index (χ4v) is 3.69. The van der Waals surface area contributed by atoms with Crippen LogP contribution in [0.2, 0.25) is 0 Å². The Morgan fingerprint density at radius 3 is 2.38 bits per heavy atom. The lowest BCUT2D eigenvalue weighted by molar-refractivity contribution is 0.501. The van der Waals surface area contributed by atoms with Gasteiger partial charge in [-0.3, -0.25) is 0 Å². The van der Waals surface area contributed by atoms with Crippen LogP contribution in [0.1, 0.15) is 44.2 Å². The molecule has 0 amide bonds. The van der Waals surface area contributed by atoms with Crippen LogP contribution in [0.15, 0.2) is 54.6 Å². The molecule has 0 spiro atoms. The third kappa shape index (κ3) is 2.57. The zero-order valence-electron chi connectivity index (χ0n) is 13.3. The van der Waals surface area contributed by atoms with Crippen LogP contribution in [-0.4, -0.2) is 12.1 Å². The van der Waals surface area contributed by atoms with E-state index in [9.17, 15) is 0 Å². The Morgan fingerprint density at radius 2 is 1.67 bits per heavy atom. The van der Waals surface area contributed by atoms with Gasteiger partial charge >= 0.3 is 0 Å². The molecule has 1 aliphatic rings. The van der Waals surface area contributed by atoms with E-state index in [0.717, 1.165) is 6.42 Å². The molecule has 21 heavy (non-hydrogen) atoms. The van der Waals surface area contributed by atoms with Crippen molar-refractivity contribution in [2.45, 2.75) is 51.6 Å². The van der Waals surface area contributed by atoms with Crippen molar-refractivity contribution in [1.29, 1.82) is 0 Å².